The molecule has 2 heterocycles. The summed E-state index contributed by atoms with van der Waals surface area (Å²) in [6, 6.07) is 0. The maximum absolute atomic E-state index is 10.7. The van der Waals surface area contributed by atoms with Gasteiger partial charge in [0.25, 0.3) is 0 Å². The van der Waals surface area contributed by atoms with Crippen LogP contribution in [0.5, 0.6) is 0 Å². The van der Waals surface area contributed by atoms with Crippen molar-refractivity contribution in [3.05, 3.63) is 4.91 Å². The highest BCUT2D eigenvalue weighted by Crippen LogP contribution is 2.34. The van der Waals surface area contributed by atoms with Gasteiger partial charge in [-0.1, -0.05) is 5.16 Å². The van der Waals surface area contributed by atoms with Gasteiger partial charge in [0.15, 0.2) is 5.71 Å². The van der Waals surface area contributed by atoms with Gasteiger partial charge in [0.2, 0.25) is 0 Å². The second-order valence-corrected chi connectivity index (χ2v) is 3.83. The first-order valence-corrected chi connectivity index (χ1v) is 4.72. The zero-order valence-electron chi connectivity index (χ0n) is 8.05. The Balaban J connectivity index is 1.97. The smallest absolute Gasteiger partial charge is 0.353 e. The SMILES string of the molecule is O=NN1CCC2(CC1)CC(C(=O)O)=NO2. The Kier molecular flexibility index (Phi) is 2.29. The lowest BCUT2D eigenvalue weighted by Gasteiger charge is -2.33. The molecule has 0 aliphatic carbocycles. The van der Waals surface area contributed by atoms with Crippen molar-refractivity contribution in [2.24, 2.45) is 10.4 Å². The average Bonchev–Trinajstić information content (AvgIpc) is 2.64. The second kappa shape index (κ2) is 3.48. The Labute approximate surface area is 85.6 Å². The molecule has 0 unspecified atom stereocenters. The number of nitroso groups, excluding NO2 is 1. The number of oxime groups is 1. The minimum Gasteiger partial charge on any atom is -0.477 e. The third-order valence-electron chi connectivity index (χ3n) is 2.85. The molecule has 0 aromatic heterocycles. The summed E-state index contributed by atoms with van der Waals surface area (Å²) in [7, 11) is 0. The maximum atomic E-state index is 10.7. The molecule has 15 heavy (non-hydrogen) atoms. The maximum Gasteiger partial charge on any atom is 0.353 e. The van der Waals surface area contributed by atoms with E-state index >= 15 is 0 Å². The molecule has 0 aromatic carbocycles. The first-order chi connectivity index (χ1) is 7.15. The summed E-state index contributed by atoms with van der Waals surface area (Å²) in [5.74, 6) is -1.04. The van der Waals surface area contributed by atoms with E-state index in [0.717, 1.165) is 0 Å². The van der Waals surface area contributed by atoms with Crippen LogP contribution in [0.2, 0.25) is 0 Å². The lowest BCUT2D eigenvalue weighted by Crippen LogP contribution is -2.42. The van der Waals surface area contributed by atoms with Crippen LogP contribution in [0.3, 0.4) is 0 Å². The van der Waals surface area contributed by atoms with Crippen LogP contribution in [0.4, 0.5) is 0 Å². The number of rotatable bonds is 2. The average molecular weight is 213 g/mol. The van der Waals surface area contributed by atoms with Gasteiger partial charge in [-0.05, 0) is 0 Å². The highest BCUT2D eigenvalue weighted by atomic mass is 16.7. The largest absolute Gasteiger partial charge is 0.477 e. The number of aliphatic carboxylic acids is 1. The molecule has 7 nitrogen and oxygen atoms in total. The van der Waals surface area contributed by atoms with Crippen molar-refractivity contribution >= 4 is 11.7 Å². The molecule has 2 rings (SSSR count). The molecule has 0 atom stereocenters. The molecule has 7 heteroatoms. The second-order valence-electron chi connectivity index (χ2n) is 3.83. The summed E-state index contributed by atoms with van der Waals surface area (Å²) in [5.41, 5.74) is -0.461. The Bertz CT molecular complexity index is 320. The fourth-order valence-electron chi connectivity index (χ4n) is 1.89. The van der Waals surface area contributed by atoms with E-state index in [1.54, 1.807) is 0 Å². The summed E-state index contributed by atoms with van der Waals surface area (Å²) in [4.78, 5) is 26.1. The number of carboxylic acids is 1. The molecule has 0 aromatic rings. The van der Waals surface area contributed by atoms with E-state index in [2.05, 4.69) is 10.4 Å². The molecule has 0 amide bonds. The predicted octanol–water partition coefficient (Wildman–Crippen LogP) is 0.363. The fraction of sp³-hybridized carbons (Fsp3) is 0.750. The van der Waals surface area contributed by atoms with Crippen molar-refractivity contribution in [3.8, 4) is 0 Å². The summed E-state index contributed by atoms with van der Waals surface area (Å²) >= 11 is 0. The van der Waals surface area contributed by atoms with Crippen LogP contribution < -0.4 is 0 Å². The fourth-order valence-corrected chi connectivity index (χ4v) is 1.89. The molecular formula is C8H11N3O4. The number of carbonyl (C=O) groups is 1. The van der Waals surface area contributed by atoms with Gasteiger partial charge >= 0.3 is 5.97 Å². The third kappa shape index (κ3) is 1.77. The van der Waals surface area contributed by atoms with E-state index in [9.17, 15) is 9.70 Å². The van der Waals surface area contributed by atoms with E-state index in [-0.39, 0.29) is 5.71 Å². The van der Waals surface area contributed by atoms with Crippen LogP contribution >= 0.6 is 0 Å². The van der Waals surface area contributed by atoms with Gasteiger partial charge in [0.05, 0.1) is 5.29 Å². The lowest BCUT2D eigenvalue weighted by atomic mass is 9.87. The standard InChI is InChI=1S/C8H11N3O4/c12-7(13)6-5-8(15-9-6)1-3-11(10-14)4-2-8/h1-5H2,(H,12,13). The van der Waals surface area contributed by atoms with E-state index < -0.39 is 11.6 Å². The van der Waals surface area contributed by atoms with Crippen LogP contribution in [0.25, 0.3) is 0 Å². The summed E-state index contributed by atoms with van der Waals surface area (Å²) in [5, 5.41) is 16.5. The normalized spacial score (nSPS) is 23.5. The van der Waals surface area contributed by atoms with Crippen molar-refractivity contribution < 1.29 is 14.7 Å². The molecule has 1 saturated heterocycles. The van der Waals surface area contributed by atoms with Crippen LogP contribution in [0.1, 0.15) is 19.3 Å². The molecule has 1 spiro atoms. The monoisotopic (exact) mass is 213 g/mol. The van der Waals surface area contributed by atoms with Gasteiger partial charge in [-0.3, -0.25) is 5.01 Å². The molecule has 2 aliphatic heterocycles. The zero-order valence-corrected chi connectivity index (χ0v) is 8.05. The number of hydrogen-bond donors (Lipinski definition) is 1. The van der Waals surface area contributed by atoms with Gasteiger partial charge in [0, 0.05) is 32.4 Å². The number of piperidine rings is 1. The highest BCUT2D eigenvalue weighted by molar-refractivity contribution is 6.36. The van der Waals surface area contributed by atoms with E-state index in [4.69, 9.17) is 9.94 Å². The topological polar surface area (TPSA) is 91.6 Å². The first-order valence-electron chi connectivity index (χ1n) is 4.72. The van der Waals surface area contributed by atoms with E-state index in [1.165, 1.54) is 5.01 Å². The van der Waals surface area contributed by atoms with Gasteiger partial charge in [-0.25, -0.2) is 4.79 Å². The van der Waals surface area contributed by atoms with Gasteiger partial charge in [0.1, 0.15) is 5.60 Å². The molecule has 1 fully saturated rings. The van der Waals surface area contributed by atoms with Crippen LogP contribution in [-0.2, 0) is 9.63 Å². The molecular weight excluding hydrogens is 202 g/mol. The molecule has 2 aliphatic rings. The van der Waals surface area contributed by atoms with Crippen molar-refractivity contribution in [1.29, 1.82) is 0 Å². The molecule has 0 bridgehead atoms. The Morgan fingerprint density at radius 2 is 2.20 bits per heavy atom. The Morgan fingerprint density at radius 1 is 1.53 bits per heavy atom. The Hall–Kier alpha value is -1.66. The van der Waals surface area contributed by atoms with Crippen molar-refractivity contribution in [1.82, 2.24) is 5.01 Å². The van der Waals surface area contributed by atoms with E-state index in [0.29, 0.717) is 32.4 Å². The first kappa shape index (κ1) is 9.88. The number of hydrogen-bond acceptors (Lipinski definition) is 5. The lowest BCUT2D eigenvalue weighted by molar-refractivity contribution is -0.129. The molecule has 0 radical (unpaired) electrons. The summed E-state index contributed by atoms with van der Waals surface area (Å²) < 4.78 is 0. The van der Waals surface area contributed by atoms with Gasteiger partial charge in [-0.15, -0.1) is 4.91 Å². The van der Waals surface area contributed by atoms with Crippen LogP contribution in [0, 0.1) is 4.91 Å². The highest BCUT2D eigenvalue weighted by Gasteiger charge is 2.43. The molecule has 82 valence electrons. The summed E-state index contributed by atoms with van der Waals surface area (Å²) in [6.45, 7) is 0.984. The number of carboxylic acid groups (broad SMARTS) is 1. The number of nitrogens with zero attached hydrogens (tertiary/aromatic N) is 3. The Morgan fingerprint density at radius 3 is 2.67 bits per heavy atom. The van der Waals surface area contributed by atoms with Crippen molar-refractivity contribution in [2.75, 3.05) is 13.1 Å². The minimum atomic E-state index is -1.04. The van der Waals surface area contributed by atoms with Gasteiger partial charge in [-0.2, -0.15) is 0 Å². The predicted molar refractivity (Wildman–Crippen MR) is 50.1 cm³/mol. The molecule has 1 N–H and O–H groups in total. The van der Waals surface area contributed by atoms with Crippen molar-refractivity contribution in [3.63, 3.8) is 0 Å². The van der Waals surface area contributed by atoms with Crippen LogP contribution in [0.15, 0.2) is 10.4 Å². The van der Waals surface area contributed by atoms with Crippen molar-refractivity contribution in [2.45, 2.75) is 24.9 Å². The third-order valence-corrected chi connectivity index (χ3v) is 2.85. The summed E-state index contributed by atoms with van der Waals surface area (Å²) in [6.07, 6.45) is 1.48. The zero-order chi connectivity index (χ0) is 10.9. The van der Waals surface area contributed by atoms with Gasteiger partial charge < -0.3 is 9.94 Å². The minimum absolute atomic E-state index is 0.0579. The van der Waals surface area contributed by atoms with Crippen LogP contribution in [-0.4, -0.2) is 40.5 Å². The quantitative estimate of drug-likeness (QED) is 0.669. The molecule has 0 saturated carbocycles. The van der Waals surface area contributed by atoms with E-state index in [1.807, 2.05) is 0 Å².